The van der Waals surface area contributed by atoms with E-state index < -0.39 is 22.1 Å². The van der Waals surface area contributed by atoms with Gasteiger partial charge < -0.3 is 24.6 Å². The fourth-order valence-corrected chi connectivity index (χ4v) is 2.89. The van der Waals surface area contributed by atoms with Crippen LogP contribution in [0.1, 0.15) is 23.0 Å². The van der Waals surface area contributed by atoms with Gasteiger partial charge in [-0.15, -0.1) is 11.3 Å². The summed E-state index contributed by atoms with van der Waals surface area (Å²) < 4.78 is 15.6. The molecule has 0 saturated carbocycles. The Hall–Kier alpha value is -2.76. The van der Waals surface area contributed by atoms with Crippen LogP contribution in [-0.2, 0) is 11.3 Å². The van der Waals surface area contributed by atoms with Crippen molar-refractivity contribution in [3.05, 3.63) is 44.4 Å². The lowest BCUT2D eigenvalue weighted by atomic mass is 10.1. The molecule has 1 aromatic carbocycles. The molecule has 28 heavy (non-hydrogen) atoms. The van der Waals surface area contributed by atoms with E-state index in [1.807, 2.05) is 0 Å². The Morgan fingerprint density at radius 1 is 1.39 bits per heavy atom. The van der Waals surface area contributed by atoms with Crippen LogP contribution in [0.4, 0.5) is 5.69 Å². The summed E-state index contributed by atoms with van der Waals surface area (Å²) in [4.78, 5) is 27.3. The number of nitro benzene ring substituents is 1. The van der Waals surface area contributed by atoms with Gasteiger partial charge in [0.1, 0.15) is 17.8 Å². The smallest absolute Gasteiger partial charge is 0.286 e. The van der Waals surface area contributed by atoms with Crippen molar-refractivity contribution in [3.8, 4) is 11.5 Å². The Kier molecular flexibility index (Phi) is 7.26. The van der Waals surface area contributed by atoms with E-state index >= 15 is 0 Å². The van der Waals surface area contributed by atoms with Crippen molar-refractivity contribution in [2.75, 3.05) is 27.4 Å². The fraction of sp³-hybridized carbons (Fsp3) is 0.412. The summed E-state index contributed by atoms with van der Waals surface area (Å²) in [5.74, 6) is -0.452. The molecule has 0 saturated heterocycles. The average Bonchev–Trinajstić information content (AvgIpc) is 3.17. The Morgan fingerprint density at radius 2 is 2.14 bits per heavy atom. The Balaban J connectivity index is 2.25. The van der Waals surface area contributed by atoms with Crippen molar-refractivity contribution in [1.82, 2.24) is 10.3 Å². The van der Waals surface area contributed by atoms with Crippen molar-refractivity contribution >= 4 is 22.9 Å². The van der Waals surface area contributed by atoms with Gasteiger partial charge in [0.2, 0.25) is 0 Å². The molecule has 0 aliphatic rings. The van der Waals surface area contributed by atoms with Gasteiger partial charge in [0.05, 0.1) is 35.9 Å². The van der Waals surface area contributed by atoms with Gasteiger partial charge in [0.25, 0.3) is 11.6 Å². The standard InChI is InChI=1S/C17H21N3O7S/c1-17(22,9-25-2)8-18-16(21)12-4-14(26-3)15(5-13(12)20(23)24)27-6-11-7-28-10-19-11/h4-5,7,10,22H,6,8-9H2,1-3H3,(H,18,21). The van der Waals surface area contributed by atoms with E-state index in [-0.39, 0.29) is 36.8 Å². The number of nitrogens with one attached hydrogen (secondary N) is 1. The van der Waals surface area contributed by atoms with Crippen LogP contribution in [0.5, 0.6) is 11.5 Å². The molecule has 1 atom stereocenters. The Morgan fingerprint density at radius 3 is 2.71 bits per heavy atom. The molecule has 1 heterocycles. The molecular weight excluding hydrogens is 390 g/mol. The van der Waals surface area contributed by atoms with E-state index in [9.17, 15) is 20.0 Å². The number of benzene rings is 1. The van der Waals surface area contributed by atoms with Gasteiger partial charge in [-0.25, -0.2) is 4.98 Å². The van der Waals surface area contributed by atoms with E-state index in [2.05, 4.69) is 10.3 Å². The van der Waals surface area contributed by atoms with E-state index in [4.69, 9.17) is 14.2 Å². The quantitative estimate of drug-likeness (QED) is 0.446. The number of aromatic nitrogens is 1. The highest BCUT2D eigenvalue weighted by Gasteiger charge is 2.27. The summed E-state index contributed by atoms with van der Waals surface area (Å²) in [5.41, 5.74) is 0.329. The van der Waals surface area contributed by atoms with E-state index in [1.54, 1.807) is 10.9 Å². The molecule has 0 aliphatic heterocycles. The number of thiazole rings is 1. The molecule has 0 aliphatic carbocycles. The zero-order valence-corrected chi connectivity index (χ0v) is 16.4. The molecule has 10 nitrogen and oxygen atoms in total. The lowest BCUT2D eigenvalue weighted by Gasteiger charge is -2.22. The van der Waals surface area contributed by atoms with Gasteiger partial charge >= 0.3 is 0 Å². The third kappa shape index (κ3) is 5.62. The summed E-state index contributed by atoms with van der Waals surface area (Å²) >= 11 is 1.40. The third-order valence-electron chi connectivity index (χ3n) is 3.67. The van der Waals surface area contributed by atoms with Crippen LogP contribution in [0.2, 0.25) is 0 Å². The number of hydrogen-bond acceptors (Lipinski definition) is 9. The van der Waals surface area contributed by atoms with Crippen LogP contribution in [0, 0.1) is 10.1 Å². The van der Waals surface area contributed by atoms with Crippen molar-refractivity contribution in [3.63, 3.8) is 0 Å². The molecule has 1 unspecified atom stereocenters. The second-order valence-corrected chi connectivity index (χ2v) is 6.88. The summed E-state index contributed by atoms with van der Waals surface area (Å²) in [5, 5.41) is 25.8. The number of aliphatic hydroxyl groups is 1. The number of nitrogens with zero attached hydrogens (tertiary/aromatic N) is 2. The van der Waals surface area contributed by atoms with Crippen LogP contribution >= 0.6 is 11.3 Å². The van der Waals surface area contributed by atoms with E-state index in [0.29, 0.717) is 5.69 Å². The summed E-state index contributed by atoms with van der Waals surface area (Å²) in [7, 11) is 2.78. The first-order valence-corrected chi connectivity index (χ1v) is 9.07. The second-order valence-electron chi connectivity index (χ2n) is 6.16. The minimum Gasteiger partial charge on any atom is -0.493 e. The monoisotopic (exact) mass is 411 g/mol. The third-order valence-corrected chi connectivity index (χ3v) is 4.30. The Labute approximate surface area is 165 Å². The van der Waals surface area contributed by atoms with Gasteiger partial charge in [-0.2, -0.15) is 0 Å². The lowest BCUT2D eigenvalue weighted by molar-refractivity contribution is -0.385. The number of ether oxygens (including phenoxy) is 3. The summed E-state index contributed by atoms with van der Waals surface area (Å²) in [6.45, 7) is 1.41. The minimum atomic E-state index is -1.32. The molecule has 0 bridgehead atoms. The molecule has 1 aromatic heterocycles. The van der Waals surface area contributed by atoms with Gasteiger partial charge in [0.15, 0.2) is 11.5 Å². The number of nitro groups is 1. The zero-order chi connectivity index (χ0) is 20.7. The molecule has 11 heteroatoms. The predicted octanol–water partition coefficient (Wildman–Crippen LogP) is 1.77. The van der Waals surface area contributed by atoms with E-state index in [0.717, 1.165) is 6.07 Å². The molecule has 2 aromatic rings. The van der Waals surface area contributed by atoms with Crippen LogP contribution in [0.15, 0.2) is 23.0 Å². The minimum absolute atomic E-state index is 0.0118. The number of carbonyl (C=O) groups is 1. The first kappa shape index (κ1) is 21.5. The van der Waals surface area contributed by atoms with Crippen molar-refractivity contribution in [2.45, 2.75) is 19.1 Å². The molecule has 2 rings (SSSR count). The lowest BCUT2D eigenvalue weighted by Crippen LogP contribution is -2.43. The molecule has 0 radical (unpaired) electrons. The predicted molar refractivity (Wildman–Crippen MR) is 101 cm³/mol. The van der Waals surface area contributed by atoms with Crippen LogP contribution in [-0.4, -0.2) is 53.9 Å². The maximum absolute atomic E-state index is 12.5. The topological polar surface area (TPSA) is 133 Å². The molecule has 2 N–H and O–H groups in total. The average molecular weight is 411 g/mol. The number of rotatable bonds is 10. The van der Waals surface area contributed by atoms with Gasteiger partial charge in [-0.3, -0.25) is 14.9 Å². The zero-order valence-electron chi connectivity index (χ0n) is 15.6. The van der Waals surface area contributed by atoms with Crippen molar-refractivity contribution < 1.29 is 29.0 Å². The molecule has 1 amide bonds. The van der Waals surface area contributed by atoms with Crippen molar-refractivity contribution in [1.29, 1.82) is 0 Å². The SMILES string of the molecule is COCC(C)(O)CNC(=O)c1cc(OC)c(OCc2cscn2)cc1[N+](=O)[O-]. The summed E-state index contributed by atoms with van der Waals surface area (Å²) in [6.07, 6.45) is 0. The summed E-state index contributed by atoms with van der Waals surface area (Å²) in [6, 6.07) is 2.36. The number of methoxy groups -OCH3 is 2. The highest BCUT2D eigenvalue weighted by atomic mass is 32.1. The number of amides is 1. The highest BCUT2D eigenvalue weighted by molar-refractivity contribution is 7.07. The molecule has 0 fully saturated rings. The molecular formula is C17H21N3O7S. The van der Waals surface area contributed by atoms with Crippen LogP contribution in [0.25, 0.3) is 0 Å². The highest BCUT2D eigenvalue weighted by Crippen LogP contribution is 2.35. The maximum Gasteiger partial charge on any atom is 0.286 e. The van der Waals surface area contributed by atoms with Crippen LogP contribution in [0.3, 0.4) is 0 Å². The normalized spacial score (nSPS) is 12.9. The Bertz CT molecular complexity index is 824. The van der Waals surface area contributed by atoms with Gasteiger partial charge in [0, 0.05) is 25.1 Å². The molecule has 152 valence electrons. The van der Waals surface area contributed by atoms with E-state index in [1.165, 1.54) is 38.5 Å². The van der Waals surface area contributed by atoms with Gasteiger partial charge in [-0.1, -0.05) is 0 Å². The first-order valence-electron chi connectivity index (χ1n) is 8.13. The van der Waals surface area contributed by atoms with Gasteiger partial charge in [-0.05, 0) is 6.92 Å². The number of hydrogen-bond donors (Lipinski definition) is 2. The maximum atomic E-state index is 12.5. The van der Waals surface area contributed by atoms with Crippen molar-refractivity contribution in [2.24, 2.45) is 0 Å². The fourth-order valence-electron chi connectivity index (χ4n) is 2.34. The number of carbonyl (C=O) groups excluding carboxylic acids is 1. The molecule has 0 spiro atoms. The second kappa shape index (κ2) is 9.44. The first-order chi connectivity index (χ1) is 13.3. The largest absolute Gasteiger partial charge is 0.493 e. The van der Waals surface area contributed by atoms with Crippen LogP contribution < -0.4 is 14.8 Å².